The van der Waals surface area contributed by atoms with Crippen LogP contribution in [0, 0.1) is 5.82 Å². The molecule has 0 amide bonds. The molecule has 0 saturated heterocycles. The Bertz CT molecular complexity index is 541. The quantitative estimate of drug-likeness (QED) is 0.842. The van der Waals surface area contributed by atoms with Gasteiger partial charge in [0.05, 0.1) is 18.1 Å². The summed E-state index contributed by atoms with van der Waals surface area (Å²) in [6, 6.07) is 3.54. The predicted molar refractivity (Wildman–Crippen MR) is 66.6 cm³/mol. The van der Waals surface area contributed by atoms with Crippen LogP contribution >= 0.6 is 0 Å². The summed E-state index contributed by atoms with van der Waals surface area (Å²) in [6.07, 6.45) is 4.00. The number of halogens is 1. The Morgan fingerprint density at radius 1 is 1.32 bits per heavy atom. The van der Waals surface area contributed by atoms with E-state index in [9.17, 15) is 12.8 Å². The standard InChI is InChI=1S/C12H16FNO4S/c1-17-14-19(15,16)10-6-7-12(11(13)8-10)18-9-4-2-3-5-9/h6-9,14H,2-5H2,1H3. The zero-order valence-corrected chi connectivity index (χ0v) is 11.4. The lowest BCUT2D eigenvalue weighted by molar-refractivity contribution is 0.153. The van der Waals surface area contributed by atoms with Crippen molar-refractivity contribution >= 4 is 10.0 Å². The van der Waals surface area contributed by atoms with Gasteiger partial charge in [-0.2, -0.15) is 0 Å². The summed E-state index contributed by atoms with van der Waals surface area (Å²) in [4.78, 5) is 5.97. The van der Waals surface area contributed by atoms with Gasteiger partial charge < -0.3 is 4.74 Å². The van der Waals surface area contributed by atoms with Crippen molar-refractivity contribution in [2.75, 3.05) is 7.11 Å². The molecular formula is C12H16FNO4S. The topological polar surface area (TPSA) is 64.6 Å². The number of rotatable bonds is 5. The number of hydrogen-bond acceptors (Lipinski definition) is 4. The lowest BCUT2D eigenvalue weighted by Gasteiger charge is -2.14. The molecule has 7 heteroatoms. The van der Waals surface area contributed by atoms with Gasteiger partial charge in [0, 0.05) is 0 Å². The molecule has 0 heterocycles. The highest BCUT2D eigenvalue weighted by Gasteiger charge is 2.20. The largest absolute Gasteiger partial charge is 0.487 e. The highest BCUT2D eigenvalue weighted by molar-refractivity contribution is 7.89. The molecule has 0 spiro atoms. The number of ether oxygens (including phenoxy) is 1. The Morgan fingerprint density at radius 2 is 2.00 bits per heavy atom. The summed E-state index contributed by atoms with van der Waals surface area (Å²) in [7, 11) is -2.67. The second kappa shape index (κ2) is 5.85. The number of sulfonamides is 1. The summed E-state index contributed by atoms with van der Waals surface area (Å²) in [5.74, 6) is -0.603. The highest BCUT2D eigenvalue weighted by atomic mass is 32.2. The molecule has 2 rings (SSSR count). The fraction of sp³-hybridized carbons (Fsp3) is 0.500. The number of hydrogen-bond donors (Lipinski definition) is 1. The molecule has 0 aliphatic heterocycles. The Balaban J connectivity index is 2.17. The molecule has 19 heavy (non-hydrogen) atoms. The van der Waals surface area contributed by atoms with Gasteiger partial charge in [0.25, 0.3) is 10.0 Å². The second-order valence-corrected chi connectivity index (χ2v) is 6.05. The van der Waals surface area contributed by atoms with E-state index >= 15 is 0 Å². The average molecular weight is 289 g/mol. The van der Waals surface area contributed by atoms with E-state index in [1.54, 1.807) is 0 Å². The first kappa shape index (κ1) is 14.2. The first-order chi connectivity index (χ1) is 9.03. The maximum Gasteiger partial charge on any atom is 0.262 e. The van der Waals surface area contributed by atoms with Crippen LogP contribution in [0.5, 0.6) is 5.75 Å². The molecule has 0 atom stereocenters. The van der Waals surface area contributed by atoms with Gasteiger partial charge in [-0.05, 0) is 43.9 Å². The van der Waals surface area contributed by atoms with E-state index in [0.717, 1.165) is 31.7 Å². The van der Waals surface area contributed by atoms with Crippen LogP contribution in [0.2, 0.25) is 0 Å². The zero-order valence-electron chi connectivity index (χ0n) is 10.6. The van der Waals surface area contributed by atoms with E-state index in [1.165, 1.54) is 19.2 Å². The van der Waals surface area contributed by atoms with Crippen LogP contribution in [0.25, 0.3) is 0 Å². The van der Waals surface area contributed by atoms with Crippen molar-refractivity contribution < 1.29 is 22.4 Å². The summed E-state index contributed by atoms with van der Waals surface area (Å²) in [5.41, 5.74) is 0. The van der Waals surface area contributed by atoms with Gasteiger partial charge in [0.2, 0.25) is 0 Å². The minimum absolute atomic E-state index is 0.0223. The molecule has 5 nitrogen and oxygen atoms in total. The molecule has 0 bridgehead atoms. The van der Waals surface area contributed by atoms with Crippen LogP contribution in [0.4, 0.5) is 4.39 Å². The van der Waals surface area contributed by atoms with Crippen LogP contribution in [0.3, 0.4) is 0 Å². The molecular weight excluding hydrogens is 273 g/mol. The van der Waals surface area contributed by atoms with Crippen molar-refractivity contribution in [1.29, 1.82) is 0 Å². The molecule has 1 aliphatic rings. The van der Waals surface area contributed by atoms with Crippen molar-refractivity contribution in [1.82, 2.24) is 4.89 Å². The fourth-order valence-corrected chi connectivity index (χ4v) is 2.91. The third-order valence-corrected chi connectivity index (χ3v) is 4.26. The van der Waals surface area contributed by atoms with Crippen molar-refractivity contribution in [3.05, 3.63) is 24.0 Å². The molecule has 106 valence electrons. The van der Waals surface area contributed by atoms with Crippen LogP contribution in [0.15, 0.2) is 23.1 Å². The number of benzene rings is 1. The molecule has 1 aliphatic carbocycles. The van der Waals surface area contributed by atoms with E-state index in [2.05, 4.69) is 4.84 Å². The van der Waals surface area contributed by atoms with Crippen LogP contribution in [0.1, 0.15) is 25.7 Å². The fourth-order valence-electron chi connectivity index (χ4n) is 2.09. The van der Waals surface area contributed by atoms with Crippen molar-refractivity contribution in [3.63, 3.8) is 0 Å². The normalized spacial score (nSPS) is 16.7. The Morgan fingerprint density at radius 3 is 2.58 bits per heavy atom. The molecule has 1 fully saturated rings. The molecule has 0 radical (unpaired) electrons. The minimum atomic E-state index is -3.84. The Kier molecular flexibility index (Phi) is 4.38. The monoisotopic (exact) mass is 289 g/mol. The van der Waals surface area contributed by atoms with Gasteiger partial charge >= 0.3 is 0 Å². The van der Waals surface area contributed by atoms with E-state index in [4.69, 9.17) is 4.74 Å². The van der Waals surface area contributed by atoms with Gasteiger partial charge in [-0.1, -0.05) is 4.89 Å². The van der Waals surface area contributed by atoms with Gasteiger partial charge in [0.1, 0.15) is 0 Å². The summed E-state index contributed by atoms with van der Waals surface area (Å²) in [6.45, 7) is 0. The summed E-state index contributed by atoms with van der Waals surface area (Å²) < 4.78 is 42.5. The predicted octanol–water partition coefficient (Wildman–Crippen LogP) is 1.99. The lowest BCUT2D eigenvalue weighted by atomic mass is 10.3. The van der Waals surface area contributed by atoms with E-state index in [-0.39, 0.29) is 16.7 Å². The minimum Gasteiger partial charge on any atom is -0.487 e. The highest BCUT2D eigenvalue weighted by Crippen LogP contribution is 2.27. The van der Waals surface area contributed by atoms with Gasteiger partial charge in [-0.3, -0.25) is 4.84 Å². The maximum atomic E-state index is 13.8. The average Bonchev–Trinajstić information content (AvgIpc) is 2.84. The molecule has 0 aromatic heterocycles. The van der Waals surface area contributed by atoms with Crippen molar-refractivity contribution in [2.24, 2.45) is 0 Å². The SMILES string of the molecule is CONS(=O)(=O)c1ccc(OC2CCCC2)c(F)c1. The van der Waals surface area contributed by atoms with Crippen LogP contribution in [-0.4, -0.2) is 21.6 Å². The molecule has 1 aromatic carbocycles. The van der Waals surface area contributed by atoms with Crippen LogP contribution < -0.4 is 9.62 Å². The number of nitrogens with one attached hydrogen (secondary N) is 1. The Hall–Kier alpha value is -1.18. The van der Waals surface area contributed by atoms with Gasteiger partial charge in [-0.15, -0.1) is 0 Å². The Labute approximate surface area is 111 Å². The molecule has 1 saturated carbocycles. The maximum absolute atomic E-state index is 13.8. The third kappa shape index (κ3) is 3.43. The second-order valence-electron chi connectivity index (χ2n) is 4.41. The van der Waals surface area contributed by atoms with E-state index in [1.807, 2.05) is 4.89 Å². The van der Waals surface area contributed by atoms with Crippen molar-refractivity contribution in [3.8, 4) is 5.75 Å². The van der Waals surface area contributed by atoms with E-state index in [0.29, 0.717) is 0 Å². The lowest BCUT2D eigenvalue weighted by Crippen LogP contribution is -2.22. The smallest absolute Gasteiger partial charge is 0.262 e. The summed E-state index contributed by atoms with van der Waals surface area (Å²) >= 11 is 0. The van der Waals surface area contributed by atoms with Gasteiger partial charge in [0.15, 0.2) is 11.6 Å². The zero-order chi connectivity index (χ0) is 13.9. The third-order valence-electron chi connectivity index (χ3n) is 3.00. The molecule has 1 aromatic rings. The van der Waals surface area contributed by atoms with Crippen LogP contribution in [-0.2, 0) is 14.9 Å². The van der Waals surface area contributed by atoms with Crippen molar-refractivity contribution in [2.45, 2.75) is 36.7 Å². The first-order valence-electron chi connectivity index (χ1n) is 6.04. The molecule has 1 N–H and O–H groups in total. The van der Waals surface area contributed by atoms with E-state index < -0.39 is 15.8 Å². The molecule has 0 unspecified atom stereocenters. The summed E-state index contributed by atoms with van der Waals surface area (Å²) in [5, 5.41) is 0. The van der Waals surface area contributed by atoms with Gasteiger partial charge in [-0.25, -0.2) is 12.8 Å². The first-order valence-corrected chi connectivity index (χ1v) is 7.52.